The van der Waals surface area contributed by atoms with Crippen molar-refractivity contribution in [3.63, 3.8) is 0 Å². The molecule has 4 rings (SSSR count). The molecule has 3 heterocycles. The van der Waals surface area contributed by atoms with Crippen LogP contribution in [0.1, 0.15) is 51.8 Å². The molecular formula is C25H28N6O4. The minimum absolute atomic E-state index is 0.205. The number of oxazole rings is 1. The van der Waals surface area contributed by atoms with Crippen molar-refractivity contribution in [2.45, 2.75) is 45.9 Å². The van der Waals surface area contributed by atoms with Crippen LogP contribution in [0.2, 0.25) is 0 Å². The number of nitrogens with one attached hydrogen (secondary N) is 1. The molecule has 0 bridgehead atoms. The molecular weight excluding hydrogens is 448 g/mol. The van der Waals surface area contributed by atoms with Gasteiger partial charge in [-0.1, -0.05) is 30.3 Å². The minimum Gasteiger partial charge on any atom is -0.446 e. The molecule has 0 aliphatic heterocycles. The zero-order valence-electron chi connectivity index (χ0n) is 20.2. The fourth-order valence-corrected chi connectivity index (χ4v) is 3.71. The van der Waals surface area contributed by atoms with Crippen LogP contribution in [0.3, 0.4) is 0 Å². The minimum atomic E-state index is -0.885. The third-order valence-corrected chi connectivity index (χ3v) is 5.49. The Morgan fingerprint density at radius 3 is 2.60 bits per heavy atom. The van der Waals surface area contributed by atoms with Gasteiger partial charge < -0.3 is 24.6 Å². The summed E-state index contributed by atoms with van der Waals surface area (Å²) in [6, 6.07) is 11.5. The molecule has 10 nitrogen and oxygen atoms in total. The highest BCUT2D eigenvalue weighted by molar-refractivity contribution is 5.95. The zero-order valence-corrected chi connectivity index (χ0v) is 20.2. The molecule has 0 aliphatic rings. The van der Waals surface area contributed by atoms with Gasteiger partial charge in [-0.15, -0.1) is 10.2 Å². The van der Waals surface area contributed by atoms with Crippen LogP contribution < -0.4 is 11.1 Å². The molecule has 4 aromatic rings. The first-order chi connectivity index (χ1) is 16.8. The molecule has 3 aromatic heterocycles. The molecule has 35 heavy (non-hydrogen) atoms. The van der Waals surface area contributed by atoms with E-state index in [1.54, 1.807) is 27.0 Å². The first-order valence-corrected chi connectivity index (χ1v) is 11.1. The van der Waals surface area contributed by atoms with Gasteiger partial charge in [0.05, 0.1) is 35.5 Å². The second-order valence-corrected chi connectivity index (χ2v) is 8.56. The number of ether oxygens (including phenoxy) is 1. The Morgan fingerprint density at radius 2 is 1.91 bits per heavy atom. The fourth-order valence-electron chi connectivity index (χ4n) is 3.71. The number of nitrogens with zero attached hydrogens (tertiary/aromatic N) is 4. The summed E-state index contributed by atoms with van der Waals surface area (Å²) < 4.78 is 16.7. The summed E-state index contributed by atoms with van der Waals surface area (Å²) in [5, 5.41) is 11.2. The van der Waals surface area contributed by atoms with Crippen molar-refractivity contribution in [1.82, 2.24) is 25.5 Å². The van der Waals surface area contributed by atoms with Crippen LogP contribution in [0.15, 0.2) is 51.4 Å². The number of rotatable bonds is 9. The SMILES string of the molecule is COCc1ncc(C(=O)NCc2nc(C)oc2C)cc1-c1nnc(C(C)(N)Cc2ccccc2)o1. The molecule has 0 saturated heterocycles. The standard InChI is InChI=1S/C25H28N6O4/c1-15-20(29-16(2)34-15)13-28-22(32)18-10-19(21(14-33-4)27-12-18)23-30-31-24(35-23)25(3,26)11-17-8-6-5-7-9-17/h5-10,12H,11,13-14,26H2,1-4H3,(H,28,32). The summed E-state index contributed by atoms with van der Waals surface area (Å²) in [5.74, 6) is 1.38. The van der Waals surface area contributed by atoms with Crippen molar-refractivity contribution in [1.29, 1.82) is 0 Å². The van der Waals surface area contributed by atoms with Gasteiger partial charge in [0.1, 0.15) is 11.5 Å². The topological polar surface area (TPSA) is 142 Å². The lowest BCUT2D eigenvalue weighted by Crippen LogP contribution is -2.35. The highest BCUT2D eigenvalue weighted by Crippen LogP contribution is 2.28. The number of hydrogen-bond donors (Lipinski definition) is 2. The third kappa shape index (κ3) is 5.61. The highest BCUT2D eigenvalue weighted by Gasteiger charge is 2.29. The molecule has 1 amide bonds. The van der Waals surface area contributed by atoms with Crippen molar-refractivity contribution >= 4 is 5.91 Å². The van der Waals surface area contributed by atoms with E-state index in [9.17, 15) is 4.79 Å². The molecule has 1 atom stereocenters. The van der Waals surface area contributed by atoms with Gasteiger partial charge >= 0.3 is 0 Å². The van der Waals surface area contributed by atoms with E-state index < -0.39 is 5.54 Å². The first-order valence-electron chi connectivity index (χ1n) is 11.1. The molecule has 1 unspecified atom stereocenters. The van der Waals surface area contributed by atoms with Crippen molar-refractivity contribution < 1.29 is 18.4 Å². The van der Waals surface area contributed by atoms with Gasteiger partial charge in [-0.2, -0.15) is 0 Å². The summed E-state index contributed by atoms with van der Waals surface area (Å²) in [4.78, 5) is 21.5. The molecule has 0 fully saturated rings. The van der Waals surface area contributed by atoms with E-state index in [-0.39, 0.29) is 30.8 Å². The lowest BCUT2D eigenvalue weighted by molar-refractivity contribution is 0.0950. The average Bonchev–Trinajstić information content (AvgIpc) is 3.45. The number of carbonyl (C=O) groups excluding carboxylic acids is 1. The van der Waals surface area contributed by atoms with Crippen LogP contribution in [0.25, 0.3) is 11.5 Å². The Bertz CT molecular complexity index is 1310. The van der Waals surface area contributed by atoms with E-state index in [4.69, 9.17) is 19.3 Å². The third-order valence-electron chi connectivity index (χ3n) is 5.49. The van der Waals surface area contributed by atoms with E-state index >= 15 is 0 Å². The number of aromatic nitrogens is 4. The van der Waals surface area contributed by atoms with E-state index in [2.05, 4.69) is 25.5 Å². The second-order valence-electron chi connectivity index (χ2n) is 8.56. The van der Waals surface area contributed by atoms with E-state index in [1.165, 1.54) is 6.20 Å². The van der Waals surface area contributed by atoms with Gasteiger partial charge in [0.2, 0.25) is 11.8 Å². The van der Waals surface area contributed by atoms with Crippen molar-refractivity contribution in [2.24, 2.45) is 5.73 Å². The quantitative estimate of drug-likeness (QED) is 0.372. The molecule has 182 valence electrons. The lowest BCUT2D eigenvalue weighted by atomic mass is 9.94. The Morgan fingerprint density at radius 1 is 1.14 bits per heavy atom. The van der Waals surface area contributed by atoms with Crippen LogP contribution in [0.5, 0.6) is 0 Å². The van der Waals surface area contributed by atoms with Crippen LogP contribution in [0, 0.1) is 13.8 Å². The van der Waals surface area contributed by atoms with Crippen LogP contribution in [-0.4, -0.2) is 33.2 Å². The Labute approximate surface area is 202 Å². The Kier molecular flexibility index (Phi) is 7.04. The molecule has 0 spiro atoms. The summed E-state index contributed by atoms with van der Waals surface area (Å²) in [5.41, 5.74) is 8.76. The molecule has 3 N–H and O–H groups in total. The van der Waals surface area contributed by atoms with Gasteiger partial charge in [0, 0.05) is 20.2 Å². The first kappa shape index (κ1) is 24.2. The van der Waals surface area contributed by atoms with Gasteiger partial charge in [-0.3, -0.25) is 9.78 Å². The molecule has 0 aliphatic carbocycles. The zero-order chi connectivity index (χ0) is 25.0. The summed E-state index contributed by atoms with van der Waals surface area (Å²) in [6.07, 6.45) is 2.00. The maximum Gasteiger partial charge on any atom is 0.253 e. The number of methoxy groups -OCH3 is 1. The number of benzene rings is 1. The van der Waals surface area contributed by atoms with Gasteiger partial charge in [-0.25, -0.2) is 4.98 Å². The smallest absolute Gasteiger partial charge is 0.253 e. The monoisotopic (exact) mass is 476 g/mol. The van der Waals surface area contributed by atoms with E-state index in [0.717, 1.165) is 5.56 Å². The molecule has 10 heteroatoms. The molecule has 0 radical (unpaired) electrons. The van der Waals surface area contributed by atoms with Crippen molar-refractivity contribution in [3.05, 3.63) is 82.7 Å². The number of hydrogen-bond acceptors (Lipinski definition) is 9. The predicted octanol–water partition coefficient (Wildman–Crippen LogP) is 3.23. The Balaban J connectivity index is 1.57. The van der Waals surface area contributed by atoms with Gasteiger partial charge in [0.25, 0.3) is 5.91 Å². The summed E-state index contributed by atoms with van der Waals surface area (Å²) >= 11 is 0. The van der Waals surface area contributed by atoms with E-state index in [0.29, 0.717) is 40.6 Å². The summed E-state index contributed by atoms with van der Waals surface area (Å²) in [6.45, 7) is 5.83. The highest BCUT2D eigenvalue weighted by atomic mass is 16.5. The van der Waals surface area contributed by atoms with Crippen LogP contribution in [-0.2, 0) is 29.8 Å². The second kappa shape index (κ2) is 10.2. The molecule has 0 saturated carbocycles. The lowest BCUT2D eigenvalue weighted by Gasteiger charge is -2.20. The summed E-state index contributed by atoms with van der Waals surface area (Å²) in [7, 11) is 1.56. The predicted molar refractivity (Wildman–Crippen MR) is 127 cm³/mol. The number of nitrogens with two attached hydrogens (primary N) is 1. The molecule has 1 aromatic carbocycles. The maximum atomic E-state index is 12.8. The van der Waals surface area contributed by atoms with E-state index in [1.807, 2.05) is 37.3 Å². The van der Waals surface area contributed by atoms with Gasteiger partial charge in [0.15, 0.2) is 5.89 Å². The average molecular weight is 477 g/mol. The number of carbonyl (C=O) groups is 1. The normalized spacial score (nSPS) is 12.9. The fraction of sp³-hybridized carbons (Fsp3) is 0.320. The van der Waals surface area contributed by atoms with Crippen LogP contribution in [0.4, 0.5) is 0 Å². The van der Waals surface area contributed by atoms with Crippen LogP contribution >= 0.6 is 0 Å². The van der Waals surface area contributed by atoms with Gasteiger partial charge in [-0.05, 0) is 31.9 Å². The number of amides is 1. The Hall–Kier alpha value is -3.89. The number of pyridine rings is 1. The van der Waals surface area contributed by atoms with Crippen molar-refractivity contribution in [2.75, 3.05) is 7.11 Å². The largest absolute Gasteiger partial charge is 0.446 e. The number of aryl methyl sites for hydroxylation is 2. The van der Waals surface area contributed by atoms with Crippen molar-refractivity contribution in [3.8, 4) is 11.5 Å². The maximum absolute atomic E-state index is 12.8.